The highest BCUT2D eigenvalue weighted by Gasteiger charge is 2.20. The summed E-state index contributed by atoms with van der Waals surface area (Å²) in [5.74, 6) is 0.390. The van der Waals surface area contributed by atoms with Gasteiger partial charge in [0.15, 0.2) is 0 Å². The van der Waals surface area contributed by atoms with Crippen LogP contribution in [-0.2, 0) is 13.0 Å². The number of hydrogen-bond acceptors (Lipinski definition) is 3. The molecule has 0 atom stereocenters. The minimum atomic E-state index is -0.803. The zero-order valence-corrected chi connectivity index (χ0v) is 11.5. The Bertz CT molecular complexity index is 434. The second kappa shape index (κ2) is 6.25. The first-order valence-electron chi connectivity index (χ1n) is 6.27. The minimum absolute atomic E-state index is 0.483. The molecule has 0 spiro atoms. The molecule has 1 aromatic rings. The van der Waals surface area contributed by atoms with E-state index in [0.717, 1.165) is 31.6 Å². The third-order valence-electron chi connectivity index (χ3n) is 3.40. The maximum Gasteiger partial charge on any atom is 0.335 e. The first-order chi connectivity index (χ1) is 8.72. The molecule has 0 saturated carbocycles. The van der Waals surface area contributed by atoms with Crippen molar-refractivity contribution in [3.8, 4) is 0 Å². The summed E-state index contributed by atoms with van der Waals surface area (Å²) < 4.78 is 0. The lowest BCUT2D eigenvalue weighted by Crippen LogP contribution is -2.32. The van der Waals surface area contributed by atoms with Crippen molar-refractivity contribution < 1.29 is 9.90 Å². The molecule has 1 aliphatic rings. The zero-order chi connectivity index (χ0) is 13.0. The van der Waals surface area contributed by atoms with Crippen molar-refractivity contribution in [1.82, 2.24) is 4.90 Å². The summed E-state index contributed by atoms with van der Waals surface area (Å²) >= 11 is 1.88. The summed E-state index contributed by atoms with van der Waals surface area (Å²) in [5, 5.41) is 9.16. The van der Waals surface area contributed by atoms with Gasteiger partial charge in [-0.3, -0.25) is 4.90 Å². The van der Waals surface area contributed by atoms with Gasteiger partial charge in [0, 0.05) is 13.1 Å². The highest BCUT2D eigenvalue weighted by molar-refractivity contribution is 7.98. The lowest BCUT2D eigenvalue weighted by atomic mass is 9.94. The van der Waals surface area contributed by atoms with E-state index in [1.807, 2.05) is 17.8 Å². The van der Waals surface area contributed by atoms with Gasteiger partial charge < -0.3 is 5.11 Å². The largest absolute Gasteiger partial charge is 0.478 e. The molecule has 1 aliphatic heterocycles. The average molecular weight is 265 g/mol. The number of fused-ring (bicyclic) bond motifs is 1. The number of thioether (sulfide) groups is 1. The Balaban J connectivity index is 2.06. The fourth-order valence-electron chi connectivity index (χ4n) is 2.49. The van der Waals surface area contributed by atoms with Crippen LogP contribution < -0.4 is 0 Å². The van der Waals surface area contributed by atoms with Crippen LogP contribution >= 0.6 is 11.8 Å². The molecule has 1 N–H and O–H groups in total. The van der Waals surface area contributed by atoms with Crippen LogP contribution in [0.1, 0.15) is 27.9 Å². The third kappa shape index (κ3) is 3.06. The number of nitrogens with zero attached hydrogens (tertiary/aromatic N) is 1. The predicted octanol–water partition coefficient (Wildman–Crippen LogP) is 2.50. The first kappa shape index (κ1) is 13.4. The molecule has 0 saturated heterocycles. The molecule has 2 rings (SSSR count). The fraction of sp³-hybridized carbons (Fsp3) is 0.500. The van der Waals surface area contributed by atoms with Crippen LogP contribution in [-0.4, -0.2) is 41.1 Å². The van der Waals surface area contributed by atoms with Crippen LogP contribution in [0.4, 0.5) is 0 Å². The molecule has 0 aliphatic carbocycles. The van der Waals surface area contributed by atoms with Crippen molar-refractivity contribution in [2.75, 3.05) is 25.1 Å². The first-order valence-corrected chi connectivity index (χ1v) is 7.67. The van der Waals surface area contributed by atoms with Gasteiger partial charge in [0.25, 0.3) is 0 Å². The van der Waals surface area contributed by atoms with E-state index in [0.29, 0.717) is 5.56 Å². The monoisotopic (exact) mass is 265 g/mol. The molecule has 0 fully saturated rings. The van der Waals surface area contributed by atoms with Crippen molar-refractivity contribution in [1.29, 1.82) is 0 Å². The molecular weight excluding hydrogens is 246 g/mol. The lowest BCUT2D eigenvalue weighted by molar-refractivity contribution is 0.0694. The topological polar surface area (TPSA) is 40.5 Å². The molecule has 98 valence electrons. The van der Waals surface area contributed by atoms with Gasteiger partial charge >= 0.3 is 5.97 Å². The van der Waals surface area contributed by atoms with Gasteiger partial charge in [0.05, 0.1) is 5.56 Å². The molecular formula is C14H19NO2S. The van der Waals surface area contributed by atoms with Gasteiger partial charge in [-0.25, -0.2) is 4.79 Å². The number of carboxylic acids is 1. The van der Waals surface area contributed by atoms with Crippen LogP contribution in [0.3, 0.4) is 0 Å². The Labute approximate surface area is 112 Å². The summed E-state index contributed by atoms with van der Waals surface area (Å²) in [6.07, 6.45) is 4.19. The fourth-order valence-corrected chi connectivity index (χ4v) is 2.91. The number of carboxylic acid groups (broad SMARTS) is 1. The lowest BCUT2D eigenvalue weighted by Gasteiger charge is -2.29. The number of rotatable bonds is 5. The Kier molecular flexibility index (Phi) is 4.66. The Morgan fingerprint density at radius 1 is 1.50 bits per heavy atom. The van der Waals surface area contributed by atoms with E-state index in [4.69, 9.17) is 5.11 Å². The van der Waals surface area contributed by atoms with Gasteiger partial charge in [-0.2, -0.15) is 11.8 Å². The number of benzene rings is 1. The van der Waals surface area contributed by atoms with Crippen molar-refractivity contribution in [2.45, 2.75) is 19.4 Å². The Morgan fingerprint density at radius 3 is 3.06 bits per heavy atom. The number of hydrogen-bond donors (Lipinski definition) is 1. The smallest absolute Gasteiger partial charge is 0.335 e. The predicted molar refractivity (Wildman–Crippen MR) is 75.4 cm³/mol. The van der Waals surface area contributed by atoms with E-state index in [1.54, 1.807) is 6.07 Å². The van der Waals surface area contributed by atoms with E-state index in [1.165, 1.54) is 17.7 Å². The summed E-state index contributed by atoms with van der Waals surface area (Å²) in [7, 11) is 0. The van der Waals surface area contributed by atoms with Gasteiger partial charge in [0.2, 0.25) is 0 Å². The van der Waals surface area contributed by atoms with Crippen LogP contribution in [0.2, 0.25) is 0 Å². The van der Waals surface area contributed by atoms with E-state index in [2.05, 4.69) is 17.2 Å². The van der Waals surface area contributed by atoms with Gasteiger partial charge in [-0.05, 0) is 48.6 Å². The molecule has 4 heteroatoms. The maximum atomic E-state index is 11.1. The SMILES string of the molecule is CSCCCN1CCc2c(cccc2C(=O)O)C1. The molecule has 0 bridgehead atoms. The number of aromatic carboxylic acids is 1. The Morgan fingerprint density at radius 2 is 2.33 bits per heavy atom. The molecule has 1 aromatic carbocycles. The van der Waals surface area contributed by atoms with E-state index < -0.39 is 5.97 Å². The van der Waals surface area contributed by atoms with Crippen molar-refractivity contribution >= 4 is 17.7 Å². The second-order valence-electron chi connectivity index (χ2n) is 4.62. The highest BCUT2D eigenvalue weighted by Crippen LogP contribution is 2.22. The molecule has 3 nitrogen and oxygen atoms in total. The van der Waals surface area contributed by atoms with E-state index in [9.17, 15) is 4.79 Å². The van der Waals surface area contributed by atoms with E-state index >= 15 is 0 Å². The molecule has 0 amide bonds. The van der Waals surface area contributed by atoms with Crippen molar-refractivity contribution in [2.24, 2.45) is 0 Å². The molecule has 0 radical (unpaired) electrons. The molecule has 1 heterocycles. The number of carbonyl (C=O) groups is 1. The second-order valence-corrected chi connectivity index (χ2v) is 5.61. The van der Waals surface area contributed by atoms with Gasteiger partial charge in [0.1, 0.15) is 0 Å². The third-order valence-corrected chi connectivity index (χ3v) is 4.10. The van der Waals surface area contributed by atoms with Crippen LogP contribution in [0, 0.1) is 0 Å². The van der Waals surface area contributed by atoms with Crippen LogP contribution in [0.15, 0.2) is 18.2 Å². The van der Waals surface area contributed by atoms with Gasteiger partial charge in [-0.15, -0.1) is 0 Å². The summed E-state index contributed by atoms with van der Waals surface area (Å²) in [6.45, 7) is 2.98. The van der Waals surface area contributed by atoms with Crippen LogP contribution in [0.5, 0.6) is 0 Å². The zero-order valence-electron chi connectivity index (χ0n) is 10.7. The molecule has 18 heavy (non-hydrogen) atoms. The van der Waals surface area contributed by atoms with E-state index in [-0.39, 0.29) is 0 Å². The van der Waals surface area contributed by atoms with Crippen molar-refractivity contribution in [3.05, 3.63) is 34.9 Å². The summed E-state index contributed by atoms with van der Waals surface area (Å²) in [6, 6.07) is 5.63. The standard InChI is InChI=1S/C14H19NO2S/c1-18-9-3-7-15-8-6-12-11(10-15)4-2-5-13(12)14(16)17/h2,4-5H,3,6-10H2,1H3,(H,16,17). The normalized spacial score (nSPS) is 15.4. The Hall–Kier alpha value is -1.00. The summed E-state index contributed by atoms with van der Waals surface area (Å²) in [5.41, 5.74) is 2.70. The van der Waals surface area contributed by atoms with Crippen molar-refractivity contribution in [3.63, 3.8) is 0 Å². The molecule has 0 aromatic heterocycles. The quantitative estimate of drug-likeness (QED) is 0.830. The van der Waals surface area contributed by atoms with Crippen LogP contribution in [0.25, 0.3) is 0 Å². The van der Waals surface area contributed by atoms with Gasteiger partial charge in [-0.1, -0.05) is 12.1 Å². The maximum absolute atomic E-state index is 11.1. The minimum Gasteiger partial charge on any atom is -0.478 e. The molecule has 0 unspecified atom stereocenters. The highest BCUT2D eigenvalue weighted by atomic mass is 32.2. The summed E-state index contributed by atoms with van der Waals surface area (Å²) in [4.78, 5) is 13.6. The average Bonchev–Trinajstić information content (AvgIpc) is 2.38.